The van der Waals surface area contributed by atoms with Crippen LogP contribution in [0.3, 0.4) is 0 Å². The van der Waals surface area contributed by atoms with Gasteiger partial charge in [0.05, 0.1) is 12.8 Å². The summed E-state index contributed by atoms with van der Waals surface area (Å²) in [5.74, 6) is 0.0596. The molecule has 1 amide bonds. The van der Waals surface area contributed by atoms with Crippen molar-refractivity contribution in [2.45, 2.75) is 20.0 Å². The molecule has 0 saturated carbocycles. The molecule has 0 aliphatic rings. The Balaban J connectivity index is 1.65. The van der Waals surface area contributed by atoms with E-state index in [1.54, 1.807) is 37.3 Å². The van der Waals surface area contributed by atoms with Crippen LogP contribution in [0.25, 0.3) is 0 Å². The zero-order valence-electron chi connectivity index (χ0n) is 16.9. The Morgan fingerprint density at radius 3 is 2.13 bits per heavy atom. The number of ether oxygens (including phenoxy) is 2. The Hall–Kier alpha value is -3.67. The number of halogens is 1. The fraction of sp³-hybridized carbons (Fsp3) is 0.167. The highest BCUT2D eigenvalue weighted by Crippen LogP contribution is 2.25. The van der Waals surface area contributed by atoms with Crippen molar-refractivity contribution in [1.82, 2.24) is 0 Å². The number of nitrogens with one attached hydrogen (secondary N) is 1. The highest BCUT2D eigenvalue weighted by molar-refractivity contribution is 6.09. The minimum atomic E-state index is -0.770. The lowest BCUT2D eigenvalue weighted by Crippen LogP contribution is -2.30. The third-order valence-corrected chi connectivity index (χ3v) is 4.52. The van der Waals surface area contributed by atoms with Crippen molar-refractivity contribution >= 4 is 17.4 Å². The van der Waals surface area contributed by atoms with Crippen molar-refractivity contribution in [2.75, 3.05) is 12.4 Å². The summed E-state index contributed by atoms with van der Waals surface area (Å²) in [5.41, 5.74) is 2.39. The van der Waals surface area contributed by atoms with Gasteiger partial charge in [0, 0.05) is 11.1 Å². The molecule has 0 bridgehead atoms. The number of anilines is 1. The maximum absolute atomic E-state index is 13.0. The first kappa shape index (κ1) is 21.0. The summed E-state index contributed by atoms with van der Waals surface area (Å²) in [6.07, 6.45) is -0.770. The molecule has 154 valence electrons. The average molecular weight is 407 g/mol. The van der Waals surface area contributed by atoms with Crippen LogP contribution in [0.5, 0.6) is 11.5 Å². The lowest BCUT2D eigenvalue weighted by Gasteiger charge is -2.16. The summed E-state index contributed by atoms with van der Waals surface area (Å²) < 4.78 is 24.0. The van der Waals surface area contributed by atoms with E-state index in [9.17, 15) is 14.0 Å². The van der Waals surface area contributed by atoms with E-state index in [1.807, 2.05) is 19.1 Å². The summed E-state index contributed by atoms with van der Waals surface area (Å²) >= 11 is 0. The number of rotatable bonds is 7. The summed E-state index contributed by atoms with van der Waals surface area (Å²) in [7, 11) is 1.54. The van der Waals surface area contributed by atoms with Gasteiger partial charge >= 0.3 is 0 Å². The number of aryl methyl sites for hydroxylation is 1. The monoisotopic (exact) mass is 407 g/mol. The molecule has 3 rings (SSSR count). The molecule has 5 nitrogen and oxygen atoms in total. The van der Waals surface area contributed by atoms with E-state index in [1.165, 1.54) is 31.4 Å². The van der Waals surface area contributed by atoms with E-state index in [0.29, 0.717) is 28.3 Å². The van der Waals surface area contributed by atoms with Crippen LogP contribution in [-0.2, 0) is 4.79 Å². The maximum atomic E-state index is 13.0. The van der Waals surface area contributed by atoms with Gasteiger partial charge in [0.15, 0.2) is 11.9 Å². The largest absolute Gasteiger partial charge is 0.495 e. The topological polar surface area (TPSA) is 64.6 Å². The maximum Gasteiger partial charge on any atom is 0.265 e. The van der Waals surface area contributed by atoms with Crippen molar-refractivity contribution in [3.05, 3.63) is 89.2 Å². The summed E-state index contributed by atoms with van der Waals surface area (Å²) in [5, 5.41) is 2.80. The summed E-state index contributed by atoms with van der Waals surface area (Å²) in [6, 6.07) is 17.3. The number of methoxy groups -OCH3 is 1. The Morgan fingerprint density at radius 1 is 0.933 bits per heavy atom. The van der Waals surface area contributed by atoms with Gasteiger partial charge in [-0.25, -0.2) is 4.39 Å². The second kappa shape index (κ2) is 9.22. The van der Waals surface area contributed by atoms with Gasteiger partial charge in [0.25, 0.3) is 5.91 Å². The van der Waals surface area contributed by atoms with Crippen LogP contribution in [0.1, 0.15) is 28.4 Å². The highest BCUT2D eigenvalue weighted by Gasteiger charge is 2.17. The van der Waals surface area contributed by atoms with E-state index >= 15 is 0 Å². The molecule has 0 saturated heterocycles. The Kier molecular flexibility index (Phi) is 6.47. The molecular weight excluding hydrogens is 385 g/mol. The molecule has 0 spiro atoms. The predicted octanol–water partition coefficient (Wildman–Crippen LogP) is 4.78. The normalized spacial score (nSPS) is 11.5. The standard InChI is InChI=1S/C24H22FNO4/c1-15-4-13-22(29-3)21(14-15)26-24(28)16(2)30-20-11-7-18(8-12-20)23(27)17-5-9-19(25)10-6-17/h4-14,16H,1-3H3,(H,26,28). The number of ketones is 1. The average Bonchev–Trinajstić information content (AvgIpc) is 2.74. The molecule has 0 aliphatic carbocycles. The molecule has 3 aromatic rings. The molecule has 0 fully saturated rings. The SMILES string of the molecule is COc1ccc(C)cc1NC(=O)C(C)Oc1ccc(C(=O)c2ccc(F)cc2)cc1. The molecule has 3 aromatic carbocycles. The molecule has 1 unspecified atom stereocenters. The highest BCUT2D eigenvalue weighted by atomic mass is 19.1. The molecule has 1 atom stereocenters. The number of benzene rings is 3. The molecule has 0 heterocycles. The summed E-state index contributed by atoms with van der Waals surface area (Å²) in [6.45, 7) is 3.55. The molecule has 0 aromatic heterocycles. The van der Waals surface area contributed by atoms with E-state index in [-0.39, 0.29) is 11.7 Å². The molecule has 6 heteroatoms. The number of amides is 1. The first-order valence-corrected chi connectivity index (χ1v) is 9.40. The quantitative estimate of drug-likeness (QED) is 0.573. The fourth-order valence-electron chi connectivity index (χ4n) is 2.86. The van der Waals surface area contributed by atoms with Crippen molar-refractivity contribution in [3.63, 3.8) is 0 Å². The van der Waals surface area contributed by atoms with Crippen LogP contribution < -0.4 is 14.8 Å². The van der Waals surface area contributed by atoms with Crippen LogP contribution in [0.15, 0.2) is 66.7 Å². The van der Waals surface area contributed by atoms with E-state index < -0.39 is 11.9 Å². The zero-order valence-corrected chi connectivity index (χ0v) is 16.9. The second-order valence-corrected chi connectivity index (χ2v) is 6.81. The van der Waals surface area contributed by atoms with Gasteiger partial charge < -0.3 is 14.8 Å². The third-order valence-electron chi connectivity index (χ3n) is 4.52. The Bertz CT molecular complexity index is 1050. The van der Waals surface area contributed by atoms with E-state index in [2.05, 4.69) is 5.32 Å². The smallest absolute Gasteiger partial charge is 0.265 e. The van der Waals surface area contributed by atoms with Crippen molar-refractivity contribution < 1.29 is 23.5 Å². The van der Waals surface area contributed by atoms with Gasteiger partial charge in [0.2, 0.25) is 0 Å². The van der Waals surface area contributed by atoms with Crippen molar-refractivity contribution in [3.8, 4) is 11.5 Å². The number of carbonyl (C=O) groups excluding carboxylic acids is 2. The van der Waals surface area contributed by atoms with E-state index in [4.69, 9.17) is 9.47 Å². The molecule has 1 N–H and O–H groups in total. The van der Waals surface area contributed by atoms with Crippen LogP contribution in [-0.4, -0.2) is 24.9 Å². The minimum absolute atomic E-state index is 0.223. The third kappa shape index (κ3) is 5.03. The second-order valence-electron chi connectivity index (χ2n) is 6.81. The Labute approximate surface area is 174 Å². The molecule has 0 radical (unpaired) electrons. The van der Waals surface area contributed by atoms with Gasteiger partial charge in [-0.05, 0) is 80.1 Å². The van der Waals surface area contributed by atoms with Gasteiger partial charge in [0.1, 0.15) is 17.3 Å². The molecule has 30 heavy (non-hydrogen) atoms. The zero-order chi connectivity index (χ0) is 21.7. The minimum Gasteiger partial charge on any atom is -0.495 e. The van der Waals surface area contributed by atoms with E-state index in [0.717, 1.165) is 5.56 Å². The van der Waals surface area contributed by atoms with Crippen molar-refractivity contribution in [1.29, 1.82) is 0 Å². The summed E-state index contributed by atoms with van der Waals surface area (Å²) in [4.78, 5) is 25.0. The number of carbonyl (C=O) groups is 2. The van der Waals surface area contributed by atoms with Gasteiger partial charge in [-0.15, -0.1) is 0 Å². The molecule has 0 aliphatic heterocycles. The fourth-order valence-corrected chi connectivity index (χ4v) is 2.86. The Morgan fingerprint density at radius 2 is 1.53 bits per heavy atom. The lowest BCUT2D eigenvalue weighted by molar-refractivity contribution is -0.122. The van der Waals surface area contributed by atoms with Crippen LogP contribution in [0.4, 0.5) is 10.1 Å². The van der Waals surface area contributed by atoms with Crippen LogP contribution in [0, 0.1) is 12.7 Å². The van der Waals surface area contributed by atoms with Crippen molar-refractivity contribution in [2.24, 2.45) is 0 Å². The van der Waals surface area contributed by atoms with Crippen LogP contribution >= 0.6 is 0 Å². The molecular formula is C24H22FNO4. The van der Waals surface area contributed by atoms with Gasteiger partial charge in [-0.3, -0.25) is 9.59 Å². The number of hydrogen-bond donors (Lipinski definition) is 1. The number of hydrogen-bond acceptors (Lipinski definition) is 4. The first-order chi connectivity index (χ1) is 14.4. The lowest BCUT2D eigenvalue weighted by atomic mass is 10.0. The van der Waals surface area contributed by atoms with Gasteiger partial charge in [-0.1, -0.05) is 6.07 Å². The van der Waals surface area contributed by atoms with Gasteiger partial charge in [-0.2, -0.15) is 0 Å². The van der Waals surface area contributed by atoms with Crippen LogP contribution in [0.2, 0.25) is 0 Å². The first-order valence-electron chi connectivity index (χ1n) is 9.40. The predicted molar refractivity (Wildman–Crippen MR) is 113 cm³/mol.